The van der Waals surface area contributed by atoms with Crippen molar-refractivity contribution in [2.24, 2.45) is 7.05 Å². The van der Waals surface area contributed by atoms with Crippen LogP contribution in [0.1, 0.15) is 11.1 Å². The number of anilines is 1. The number of aromatic nitrogens is 1. The Balaban J connectivity index is 1.80. The van der Waals surface area contributed by atoms with Gasteiger partial charge in [0.15, 0.2) is 0 Å². The fourth-order valence-corrected chi connectivity index (χ4v) is 3.49. The topological polar surface area (TPSA) is 7.12 Å². The van der Waals surface area contributed by atoms with Crippen molar-refractivity contribution in [2.75, 3.05) is 19.0 Å². The van der Waals surface area contributed by atoms with Gasteiger partial charge in [0.2, 0.25) is 11.0 Å². The highest BCUT2D eigenvalue weighted by Crippen LogP contribution is 2.22. The van der Waals surface area contributed by atoms with Crippen LogP contribution >= 0.6 is 0 Å². The van der Waals surface area contributed by atoms with E-state index in [0.717, 1.165) is 0 Å². The molecule has 2 nitrogen and oxygen atoms in total. The maximum atomic E-state index is 2.29. The minimum absolute atomic E-state index is 1.20. The summed E-state index contributed by atoms with van der Waals surface area (Å²) in [6.45, 7) is 0. The maximum Gasteiger partial charge on any atom is 0.220 e. The summed E-state index contributed by atoms with van der Waals surface area (Å²) in [6, 6.07) is 25.9. The van der Waals surface area contributed by atoms with Gasteiger partial charge in [-0.3, -0.25) is 0 Å². The third-order valence-electron chi connectivity index (χ3n) is 4.91. The van der Waals surface area contributed by atoms with E-state index in [1.165, 1.54) is 38.6 Å². The zero-order chi connectivity index (χ0) is 18.1. The highest BCUT2D eigenvalue weighted by molar-refractivity contribution is 5.93. The van der Waals surface area contributed by atoms with Gasteiger partial charge in [-0.15, -0.1) is 0 Å². The molecule has 26 heavy (non-hydrogen) atoms. The van der Waals surface area contributed by atoms with Crippen molar-refractivity contribution in [2.45, 2.75) is 0 Å². The van der Waals surface area contributed by atoms with Crippen LogP contribution in [0.5, 0.6) is 0 Å². The second kappa shape index (κ2) is 6.64. The molecule has 0 bridgehead atoms. The monoisotopic (exact) mass is 339 g/mol. The van der Waals surface area contributed by atoms with Gasteiger partial charge in [0, 0.05) is 42.2 Å². The van der Waals surface area contributed by atoms with Crippen molar-refractivity contribution in [1.29, 1.82) is 0 Å². The largest absolute Gasteiger partial charge is 0.378 e. The minimum atomic E-state index is 1.20. The number of benzene rings is 3. The molecule has 0 fully saturated rings. The van der Waals surface area contributed by atoms with Crippen molar-refractivity contribution >= 4 is 39.6 Å². The van der Waals surface area contributed by atoms with Crippen molar-refractivity contribution < 1.29 is 4.57 Å². The molecular weight excluding hydrogens is 316 g/mol. The Bertz CT molecular complexity index is 1110. The van der Waals surface area contributed by atoms with Gasteiger partial charge in [0.1, 0.15) is 7.05 Å². The second-order valence-corrected chi connectivity index (χ2v) is 6.87. The van der Waals surface area contributed by atoms with Crippen LogP contribution in [0.2, 0.25) is 0 Å². The average molecular weight is 339 g/mol. The molecule has 0 spiro atoms. The number of fused-ring (bicyclic) bond motifs is 2. The molecule has 0 saturated carbocycles. The summed E-state index contributed by atoms with van der Waals surface area (Å²) in [5.41, 5.74) is 6.15. The standard InChI is InChI=1S/C24H23N2/c1-25(2)22-15-12-18(13-16-22)11-14-19-8-6-9-21-17-20-7-4-5-10-23(20)26(3)24(19)21/h4-17H,1-3H3/q+1. The predicted molar refractivity (Wildman–Crippen MR) is 112 cm³/mol. The highest BCUT2D eigenvalue weighted by atomic mass is 15.1. The molecule has 0 radical (unpaired) electrons. The zero-order valence-corrected chi connectivity index (χ0v) is 15.5. The molecule has 2 heteroatoms. The first-order valence-corrected chi connectivity index (χ1v) is 8.89. The van der Waals surface area contributed by atoms with E-state index < -0.39 is 0 Å². The summed E-state index contributed by atoms with van der Waals surface area (Å²) in [7, 11) is 6.27. The molecule has 4 rings (SSSR count). The Morgan fingerprint density at radius 2 is 1.50 bits per heavy atom. The number of pyridine rings is 1. The van der Waals surface area contributed by atoms with Crippen molar-refractivity contribution in [3.63, 3.8) is 0 Å². The molecule has 0 aliphatic heterocycles. The van der Waals surface area contributed by atoms with Crippen molar-refractivity contribution in [3.8, 4) is 0 Å². The SMILES string of the molecule is CN(C)c1ccc(C=Cc2cccc3cc4ccccc4[n+](C)c23)cc1. The van der Waals surface area contributed by atoms with E-state index in [0.29, 0.717) is 0 Å². The molecule has 0 atom stereocenters. The zero-order valence-electron chi connectivity index (χ0n) is 15.5. The predicted octanol–water partition coefficient (Wildman–Crippen LogP) is 5.05. The number of aryl methyl sites for hydroxylation is 1. The molecule has 4 aromatic rings. The van der Waals surface area contributed by atoms with E-state index in [2.05, 4.69) is 116 Å². The van der Waals surface area contributed by atoms with Gasteiger partial charge in [-0.2, -0.15) is 4.57 Å². The lowest BCUT2D eigenvalue weighted by Crippen LogP contribution is -2.30. The summed E-state index contributed by atoms with van der Waals surface area (Å²) in [6.07, 6.45) is 4.39. The van der Waals surface area contributed by atoms with Gasteiger partial charge in [-0.1, -0.05) is 36.4 Å². The minimum Gasteiger partial charge on any atom is -0.378 e. The third kappa shape index (κ3) is 2.95. The van der Waals surface area contributed by atoms with Gasteiger partial charge < -0.3 is 4.90 Å². The van der Waals surface area contributed by atoms with Crippen LogP contribution in [0, 0.1) is 0 Å². The van der Waals surface area contributed by atoms with Crippen LogP contribution in [-0.2, 0) is 7.05 Å². The van der Waals surface area contributed by atoms with Crippen LogP contribution in [-0.4, -0.2) is 14.1 Å². The van der Waals surface area contributed by atoms with Gasteiger partial charge in [0.25, 0.3) is 0 Å². The molecule has 0 amide bonds. The normalized spacial score (nSPS) is 11.5. The summed E-state index contributed by atoms with van der Waals surface area (Å²) in [5, 5.41) is 2.53. The van der Waals surface area contributed by atoms with Gasteiger partial charge in [-0.05, 0) is 48.0 Å². The quantitative estimate of drug-likeness (QED) is 0.288. The first kappa shape index (κ1) is 16.3. The first-order chi connectivity index (χ1) is 12.6. The van der Waals surface area contributed by atoms with Gasteiger partial charge in [-0.25, -0.2) is 0 Å². The highest BCUT2D eigenvalue weighted by Gasteiger charge is 2.13. The number of rotatable bonds is 3. The molecular formula is C24H23N2+. The van der Waals surface area contributed by atoms with Crippen LogP contribution in [0.25, 0.3) is 34.0 Å². The smallest absolute Gasteiger partial charge is 0.220 e. The van der Waals surface area contributed by atoms with E-state index in [1.54, 1.807) is 0 Å². The number of hydrogen-bond donors (Lipinski definition) is 0. The molecule has 3 aromatic carbocycles. The lowest BCUT2D eigenvalue weighted by atomic mass is 10.0. The first-order valence-electron chi connectivity index (χ1n) is 8.89. The summed E-state index contributed by atoms with van der Waals surface area (Å²) < 4.78 is 2.29. The Morgan fingerprint density at radius 1 is 0.769 bits per heavy atom. The molecule has 1 aromatic heterocycles. The summed E-state index contributed by atoms with van der Waals surface area (Å²) in [4.78, 5) is 2.11. The van der Waals surface area contributed by atoms with E-state index in [-0.39, 0.29) is 0 Å². The number of hydrogen-bond acceptors (Lipinski definition) is 1. The van der Waals surface area contributed by atoms with E-state index >= 15 is 0 Å². The van der Waals surface area contributed by atoms with Crippen molar-refractivity contribution in [1.82, 2.24) is 0 Å². The molecule has 0 aliphatic carbocycles. The molecule has 0 unspecified atom stereocenters. The summed E-state index contributed by atoms with van der Waals surface area (Å²) >= 11 is 0. The van der Waals surface area contributed by atoms with Gasteiger partial charge in [0.05, 0.1) is 0 Å². The Kier molecular flexibility index (Phi) is 4.18. The fourth-order valence-electron chi connectivity index (χ4n) is 3.49. The van der Waals surface area contributed by atoms with Crippen molar-refractivity contribution in [3.05, 3.63) is 83.9 Å². The van der Waals surface area contributed by atoms with E-state index in [4.69, 9.17) is 0 Å². The van der Waals surface area contributed by atoms with E-state index in [1.807, 2.05) is 0 Å². The van der Waals surface area contributed by atoms with Crippen LogP contribution in [0.3, 0.4) is 0 Å². The third-order valence-corrected chi connectivity index (χ3v) is 4.91. The molecule has 0 saturated heterocycles. The Hall–Kier alpha value is -3.13. The Morgan fingerprint density at radius 3 is 2.27 bits per heavy atom. The van der Waals surface area contributed by atoms with Crippen LogP contribution in [0.4, 0.5) is 5.69 Å². The number of para-hydroxylation sites is 2. The van der Waals surface area contributed by atoms with Crippen LogP contribution < -0.4 is 9.47 Å². The second-order valence-electron chi connectivity index (χ2n) is 6.87. The van der Waals surface area contributed by atoms with Gasteiger partial charge >= 0.3 is 0 Å². The van der Waals surface area contributed by atoms with E-state index in [9.17, 15) is 0 Å². The summed E-state index contributed by atoms with van der Waals surface area (Å²) in [5.74, 6) is 0. The number of nitrogens with zero attached hydrogens (tertiary/aromatic N) is 2. The van der Waals surface area contributed by atoms with Crippen LogP contribution in [0.15, 0.2) is 72.8 Å². The molecule has 128 valence electrons. The average Bonchev–Trinajstić information content (AvgIpc) is 2.66. The molecule has 1 heterocycles. The maximum absolute atomic E-state index is 2.29. The Labute approximate surface area is 154 Å². The lowest BCUT2D eigenvalue weighted by Gasteiger charge is -2.11. The molecule has 0 N–H and O–H groups in total. The lowest BCUT2D eigenvalue weighted by molar-refractivity contribution is -0.617. The molecule has 0 aliphatic rings. The fraction of sp³-hybridized carbons (Fsp3) is 0.125.